The van der Waals surface area contributed by atoms with E-state index in [4.69, 9.17) is 0 Å². The summed E-state index contributed by atoms with van der Waals surface area (Å²) in [5, 5.41) is 7.84. The Bertz CT molecular complexity index is 784. The van der Waals surface area contributed by atoms with Crippen LogP contribution in [0.1, 0.15) is 22.5 Å². The monoisotopic (exact) mass is 372 g/mol. The highest BCUT2D eigenvalue weighted by Gasteiger charge is 2.08. The summed E-state index contributed by atoms with van der Waals surface area (Å²) in [6.45, 7) is 0.180. The Kier molecular flexibility index (Phi) is 8.05. The molecule has 0 fully saturated rings. The van der Waals surface area contributed by atoms with Gasteiger partial charge in [0, 0.05) is 24.7 Å². The van der Waals surface area contributed by atoms with Crippen molar-refractivity contribution >= 4 is 17.6 Å². The average molecular weight is 372 g/mol. The summed E-state index contributed by atoms with van der Waals surface area (Å²) in [6.07, 6.45) is 1.56. The summed E-state index contributed by atoms with van der Waals surface area (Å²) in [4.78, 5) is 39.1. The molecular weight excluding hydrogens is 351 g/mol. The molecule has 142 valence electrons. The highest BCUT2D eigenvalue weighted by Crippen LogP contribution is 2.01. The van der Waals surface area contributed by atoms with Crippen LogP contribution in [-0.4, -0.2) is 42.2 Å². The van der Waals surface area contributed by atoms with Gasteiger partial charge in [0.25, 0.3) is 0 Å². The number of aromatic nitrogens is 1. The van der Waals surface area contributed by atoms with Crippen molar-refractivity contribution in [3.8, 4) is 0 Å². The third-order valence-corrected chi connectivity index (χ3v) is 3.64. The number of carbonyl (C=O) groups excluding carboxylic acids is 3. The lowest BCUT2D eigenvalue weighted by Crippen LogP contribution is -2.38. The fourth-order valence-corrected chi connectivity index (χ4v) is 2.19. The minimum absolute atomic E-state index is 0.0511. The van der Waals surface area contributed by atoms with Gasteiger partial charge >= 0.3 is 0 Å². The molecule has 2 amide bonds. The molecule has 0 radical (unpaired) electrons. The molecule has 2 aromatic rings. The van der Waals surface area contributed by atoms with E-state index in [2.05, 4.69) is 20.9 Å². The van der Waals surface area contributed by atoms with Gasteiger partial charge in [-0.25, -0.2) is 4.39 Å². The molecular formula is C19H21FN4O3. The molecule has 8 heteroatoms. The smallest absolute Gasteiger partial charge is 0.239 e. The molecule has 0 saturated heterocycles. The first-order valence-corrected chi connectivity index (χ1v) is 8.48. The van der Waals surface area contributed by atoms with E-state index in [0.717, 1.165) is 0 Å². The van der Waals surface area contributed by atoms with Crippen molar-refractivity contribution < 1.29 is 18.8 Å². The van der Waals surface area contributed by atoms with Crippen LogP contribution in [0.4, 0.5) is 4.39 Å². The maximum atomic E-state index is 13.4. The summed E-state index contributed by atoms with van der Waals surface area (Å²) in [5.74, 6) is -1.33. The Morgan fingerprint density at radius 3 is 2.44 bits per heavy atom. The lowest BCUT2D eigenvalue weighted by molar-refractivity contribution is -0.126. The molecule has 2 rings (SSSR count). The van der Waals surface area contributed by atoms with Gasteiger partial charge in [-0.15, -0.1) is 0 Å². The van der Waals surface area contributed by atoms with E-state index in [-0.39, 0.29) is 43.4 Å². The van der Waals surface area contributed by atoms with E-state index in [1.54, 1.807) is 24.3 Å². The van der Waals surface area contributed by atoms with Crippen molar-refractivity contribution in [1.29, 1.82) is 0 Å². The molecule has 1 aromatic heterocycles. The normalized spacial score (nSPS) is 10.3. The SMILES string of the molecule is O=C(CCNCC(=O)c1ccccc1)NCC(=O)NCc1ncccc1F. The van der Waals surface area contributed by atoms with Gasteiger partial charge in [-0.3, -0.25) is 19.4 Å². The highest BCUT2D eigenvalue weighted by molar-refractivity contribution is 5.97. The largest absolute Gasteiger partial charge is 0.349 e. The highest BCUT2D eigenvalue weighted by atomic mass is 19.1. The second-order valence-corrected chi connectivity index (χ2v) is 5.70. The Labute approximate surface area is 156 Å². The summed E-state index contributed by atoms with van der Waals surface area (Å²) >= 11 is 0. The first kappa shape index (κ1) is 20.2. The van der Waals surface area contributed by atoms with Crippen LogP contribution >= 0.6 is 0 Å². The number of ketones is 1. The number of pyridine rings is 1. The third kappa shape index (κ3) is 7.33. The molecule has 0 saturated carbocycles. The van der Waals surface area contributed by atoms with Crippen molar-refractivity contribution in [1.82, 2.24) is 20.9 Å². The quantitative estimate of drug-likeness (QED) is 0.423. The second-order valence-electron chi connectivity index (χ2n) is 5.70. The maximum Gasteiger partial charge on any atom is 0.239 e. The van der Waals surface area contributed by atoms with Gasteiger partial charge < -0.3 is 16.0 Å². The fraction of sp³-hybridized carbons (Fsp3) is 0.263. The Hall–Kier alpha value is -3.13. The Morgan fingerprint density at radius 2 is 1.70 bits per heavy atom. The van der Waals surface area contributed by atoms with Gasteiger partial charge in [0.15, 0.2) is 5.78 Å². The summed E-state index contributed by atoms with van der Waals surface area (Å²) < 4.78 is 13.4. The molecule has 3 N–H and O–H groups in total. The van der Waals surface area contributed by atoms with Crippen LogP contribution in [0.3, 0.4) is 0 Å². The predicted molar refractivity (Wildman–Crippen MR) is 97.3 cm³/mol. The van der Waals surface area contributed by atoms with E-state index in [1.165, 1.54) is 18.3 Å². The fourth-order valence-electron chi connectivity index (χ4n) is 2.19. The molecule has 1 heterocycles. The minimum Gasteiger partial charge on any atom is -0.349 e. The van der Waals surface area contributed by atoms with Crippen molar-refractivity contribution in [2.24, 2.45) is 0 Å². The van der Waals surface area contributed by atoms with Gasteiger partial charge in [-0.05, 0) is 12.1 Å². The average Bonchev–Trinajstić information content (AvgIpc) is 2.69. The van der Waals surface area contributed by atoms with Crippen LogP contribution < -0.4 is 16.0 Å². The number of amides is 2. The van der Waals surface area contributed by atoms with Crippen LogP contribution in [0.5, 0.6) is 0 Å². The molecule has 27 heavy (non-hydrogen) atoms. The van der Waals surface area contributed by atoms with Crippen molar-refractivity contribution in [2.45, 2.75) is 13.0 Å². The third-order valence-electron chi connectivity index (χ3n) is 3.64. The number of hydrogen-bond donors (Lipinski definition) is 3. The molecule has 1 aromatic carbocycles. The zero-order valence-electron chi connectivity index (χ0n) is 14.7. The summed E-state index contributed by atoms with van der Waals surface area (Å²) in [6, 6.07) is 11.6. The molecule has 0 atom stereocenters. The van der Waals surface area contributed by atoms with Crippen molar-refractivity contribution in [2.75, 3.05) is 19.6 Å². The zero-order chi connectivity index (χ0) is 19.5. The van der Waals surface area contributed by atoms with E-state index in [9.17, 15) is 18.8 Å². The lowest BCUT2D eigenvalue weighted by Gasteiger charge is -2.08. The van der Waals surface area contributed by atoms with Crippen molar-refractivity contribution in [3.63, 3.8) is 0 Å². The minimum atomic E-state index is -0.502. The van der Waals surface area contributed by atoms with Gasteiger partial charge in [-0.1, -0.05) is 30.3 Å². The van der Waals surface area contributed by atoms with Gasteiger partial charge in [-0.2, -0.15) is 0 Å². The summed E-state index contributed by atoms with van der Waals surface area (Å²) in [5.41, 5.74) is 0.736. The van der Waals surface area contributed by atoms with E-state index in [1.807, 2.05) is 6.07 Å². The molecule has 0 bridgehead atoms. The topological polar surface area (TPSA) is 100 Å². The van der Waals surface area contributed by atoms with Gasteiger partial charge in [0.05, 0.1) is 25.3 Å². The Balaban J connectivity index is 1.57. The number of nitrogens with one attached hydrogen (secondary N) is 3. The van der Waals surface area contributed by atoms with Gasteiger partial charge in [0.1, 0.15) is 5.82 Å². The first-order valence-electron chi connectivity index (χ1n) is 8.48. The van der Waals surface area contributed by atoms with E-state index < -0.39 is 11.7 Å². The number of hydrogen-bond acceptors (Lipinski definition) is 5. The van der Waals surface area contributed by atoms with Crippen LogP contribution in [0.15, 0.2) is 48.7 Å². The second kappa shape index (κ2) is 10.8. The number of carbonyl (C=O) groups is 3. The number of rotatable bonds is 10. The molecule has 0 aliphatic heterocycles. The zero-order valence-corrected chi connectivity index (χ0v) is 14.7. The Morgan fingerprint density at radius 1 is 0.926 bits per heavy atom. The first-order chi connectivity index (χ1) is 13.1. The summed E-state index contributed by atoms with van der Waals surface area (Å²) in [7, 11) is 0. The molecule has 0 aliphatic rings. The van der Waals surface area contributed by atoms with Crippen LogP contribution in [0.2, 0.25) is 0 Å². The van der Waals surface area contributed by atoms with Crippen LogP contribution in [-0.2, 0) is 16.1 Å². The molecule has 0 spiro atoms. The predicted octanol–water partition coefficient (Wildman–Crippen LogP) is 0.816. The van der Waals surface area contributed by atoms with E-state index >= 15 is 0 Å². The molecule has 0 aliphatic carbocycles. The van der Waals surface area contributed by atoms with Crippen LogP contribution in [0, 0.1) is 5.82 Å². The van der Waals surface area contributed by atoms with Gasteiger partial charge in [0.2, 0.25) is 11.8 Å². The van der Waals surface area contributed by atoms with Crippen molar-refractivity contribution in [3.05, 3.63) is 65.7 Å². The number of halogens is 1. The van der Waals surface area contributed by atoms with E-state index in [0.29, 0.717) is 12.1 Å². The number of Topliss-reactive ketones (excluding diaryl/α,β-unsaturated/α-hetero) is 1. The maximum absolute atomic E-state index is 13.4. The standard InChI is InChI=1S/C19H21FN4O3/c20-15-7-4-9-22-16(15)11-23-19(27)13-24-18(26)8-10-21-12-17(25)14-5-2-1-3-6-14/h1-7,9,21H,8,10-13H2,(H,23,27)(H,24,26). The molecule has 7 nitrogen and oxygen atoms in total. The lowest BCUT2D eigenvalue weighted by atomic mass is 10.1. The molecule has 0 unspecified atom stereocenters. The number of nitrogens with zero attached hydrogens (tertiary/aromatic N) is 1. The number of benzene rings is 1. The van der Waals surface area contributed by atoms with Crippen LogP contribution in [0.25, 0.3) is 0 Å².